The summed E-state index contributed by atoms with van der Waals surface area (Å²) in [5, 5.41) is 0. The minimum Gasteiger partial charge on any atom is -0.638 e. The Hall–Kier alpha value is -4.05. The molecule has 280 valence electrons. The van der Waals surface area contributed by atoms with E-state index in [4.69, 9.17) is 3.79 Å². The van der Waals surface area contributed by atoms with Crippen molar-refractivity contribution < 1.29 is 87.2 Å². The summed E-state index contributed by atoms with van der Waals surface area (Å²) in [7, 11) is 0. The molecule has 0 unspecified atom stereocenters. The first-order chi connectivity index (χ1) is 23.9. The van der Waals surface area contributed by atoms with Gasteiger partial charge in [-0.2, -0.15) is 8.78 Å². The van der Waals surface area contributed by atoms with Crippen LogP contribution in [-0.2, 0) is 0 Å². The number of rotatable bonds is 8. The second-order valence-corrected chi connectivity index (χ2v) is 15.7. The molecule has 0 atom stereocenters. The maximum Gasteiger partial charge on any atom is 0.552 e. The quantitative estimate of drug-likeness (QED) is 0.0765. The van der Waals surface area contributed by atoms with Gasteiger partial charge in [0.05, 0.1) is 0 Å². The van der Waals surface area contributed by atoms with Crippen molar-refractivity contribution in [1.82, 2.24) is 0 Å². The highest BCUT2D eigenvalue weighted by Crippen LogP contribution is 2.35. The van der Waals surface area contributed by atoms with E-state index in [9.17, 15) is 39.5 Å². The van der Waals surface area contributed by atoms with Crippen molar-refractivity contribution in [3.05, 3.63) is 111 Å². The molecule has 0 aromatic heterocycles. The SMILES string of the molecule is C[CH](C)[Al]([O]c1c(F)c(F)c([B-](c2c(F)c(F)c(F)c(F)c2F)(c2c(F)c(F)c(F)c(F)c2F)c2c(F)c(F)c(F)c(F)c2F)c(F)c1F)[CH](C)C. The normalized spacial score (nSPS) is 12.1. The molecular weight excluding hydrogens is 775 g/mol. The Bertz CT molecular complexity index is 1860. The molecule has 0 bridgehead atoms. The van der Waals surface area contributed by atoms with Gasteiger partial charge in [0.1, 0.15) is 52.7 Å². The smallest absolute Gasteiger partial charge is 0.552 e. The number of hydrogen-bond donors (Lipinski definition) is 0. The molecule has 0 aliphatic heterocycles. The first kappa shape index (κ1) is 40.7. The van der Waals surface area contributed by atoms with Crippen LogP contribution in [0.2, 0.25) is 9.56 Å². The molecule has 0 spiro atoms. The highest BCUT2D eigenvalue weighted by atomic mass is 27.2. The molecule has 0 heterocycles. The summed E-state index contributed by atoms with van der Waals surface area (Å²) in [4.78, 5) is 0. The van der Waals surface area contributed by atoms with Gasteiger partial charge < -0.3 is 3.79 Å². The van der Waals surface area contributed by atoms with E-state index >= 15 is 43.9 Å². The van der Waals surface area contributed by atoms with Crippen LogP contribution in [0.15, 0.2) is 0 Å². The largest absolute Gasteiger partial charge is 0.638 e. The molecule has 4 aromatic rings. The molecule has 22 heteroatoms. The molecule has 0 saturated heterocycles. The van der Waals surface area contributed by atoms with E-state index in [0.29, 0.717) is 0 Å². The van der Waals surface area contributed by atoms with E-state index in [1.165, 1.54) is 27.7 Å². The van der Waals surface area contributed by atoms with Gasteiger partial charge in [0.25, 0.3) is 0 Å². The van der Waals surface area contributed by atoms with Crippen LogP contribution in [0.4, 0.5) is 83.4 Å². The lowest BCUT2D eigenvalue weighted by Gasteiger charge is -2.45. The number of hydrogen-bond acceptors (Lipinski definition) is 1. The third kappa shape index (κ3) is 5.67. The monoisotopic (exact) mass is 789 g/mol. The van der Waals surface area contributed by atoms with E-state index < -0.39 is 168 Å². The van der Waals surface area contributed by atoms with Crippen molar-refractivity contribution in [2.24, 2.45) is 0 Å². The van der Waals surface area contributed by atoms with Crippen molar-refractivity contribution in [3.8, 4) is 5.75 Å². The Kier molecular flexibility index (Phi) is 11.0. The van der Waals surface area contributed by atoms with Gasteiger partial charge >= 0.3 is 14.5 Å². The van der Waals surface area contributed by atoms with Crippen molar-refractivity contribution in [1.29, 1.82) is 0 Å². The molecule has 0 N–H and O–H groups in total. The van der Waals surface area contributed by atoms with Gasteiger partial charge in [-0.05, 0) is 9.56 Å². The Labute approximate surface area is 283 Å². The third-order valence-corrected chi connectivity index (χ3v) is 11.4. The molecule has 0 aliphatic carbocycles. The van der Waals surface area contributed by atoms with Crippen LogP contribution in [0, 0.1) is 111 Å². The minimum absolute atomic E-state index is 0.678. The van der Waals surface area contributed by atoms with Crippen molar-refractivity contribution in [2.75, 3.05) is 0 Å². The van der Waals surface area contributed by atoms with Crippen molar-refractivity contribution in [2.45, 2.75) is 37.3 Å². The number of halogens is 19. The Balaban J connectivity index is 2.59. The zero-order valence-corrected chi connectivity index (χ0v) is 27.1. The molecule has 1 nitrogen and oxygen atoms in total. The average Bonchev–Trinajstić information content (AvgIpc) is 3.08. The van der Waals surface area contributed by atoms with Gasteiger partial charge in [-0.3, -0.25) is 0 Å². The highest BCUT2D eigenvalue weighted by molar-refractivity contribution is 7.20. The molecule has 4 rings (SSSR count). The lowest BCUT2D eigenvalue weighted by atomic mass is 9.12. The molecule has 0 radical (unpaired) electrons. The lowest BCUT2D eigenvalue weighted by molar-refractivity contribution is 0.379. The maximum absolute atomic E-state index is 16.4. The number of benzene rings is 4. The van der Waals surface area contributed by atoms with Gasteiger partial charge in [0.2, 0.25) is 0 Å². The summed E-state index contributed by atoms with van der Waals surface area (Å²) in [5.74, 6) is -67.5. The summed E-state index contributed by atoms with van der Waals surface area (Å²) in [6.07, 6.45) is -7.15. The second kappa shape index (κ2) is 14.1. The standard InChI is InChI=1S/C24HBF19O.2C3H7.Al/c26-5-1(6(27)14(35)19(40)13(5)34)25(2-7(28)15(36)20(41)16(37)8(2)29,3-9(30)17(38)21(42)18(39)10(3)31)4-11(32)22(43)24(45)23(44)12(4)33;2*1-3-2;/h45H;2*3H,1-2H3;/q-1;;;+1/p-1. The van der Waals surface area contributed by atoms with Crippen LogP contribution < -0.4 is 25.6 Å². The fourth-order valence-electron chi connectivity index (χ4n) is 6.16. The van der Waals surface area contributed by atoms with Crippen LogP contribution in [0.25, 0.3) is 0 Å². The minimum atomic E-state index is -7.15. The summed E-state index contributed by atoms with van der Waals surface area (Å²) >= 11 is -3.14. The fraction of sp³-hybridized carbons (Fsp3) is 0.200. The Morgan fingerprint density at radius 2 is 0.481 bits per heavy atom. The predicted octanol–water partition coefficient (Wildman–Crippen LogP) is 7.90. The highest BCUT2D eigenvalue weighted by Gasteiger charge is 2.52. The lowest BCUT2D eigenvalue weighted by Crippen LogP contribution is -2.81. The molecular formula is C30H14AlBF19O-. The average molecular weight is 789 g/mol. The van der Waals surface area contributed by atoms with Crippen LogP contribution >= 0.6 is 0 Å². The van der Waals surface area contributed by atoms with Gasteiger partial charge in [-0.1, -0.05) is 27.7 Å². The molecule has 4 aromatic carbocycles. The molecule has 0 amide bonds. The summed E-state index contributed by atoms with van der Waals surface area (Å²) in [5.41, 5.74) is -13.8. The molecule has 0 fully saturated rings. The first-order valence-corrected chi connectivity index (χ1v) is 16.0. The zero-order chi connectivity index (χ0) is 39.8. The second-order valence-electron chi connectivity index (χ2n) is 11.9. The molecule has 0 saturated carbocycles. The van der Waals surface area contributed by atoms with E-state index in [2.05, 4.69) is 0 Å². The maximum atomic E-state index is 16.4. The van der Waals surface area contributed by atoms with E-state index in [1.807, 2.05) is 0 Å². The van der Waals surface area contributed by atoms with Crippen molar-refractivity contribution >= 4 is 42.5 Å². The van der Waals surface area contributed by atoms with Crippen LogP contribution in [0.3, 0.4) is 0 Å². The van der Waals surface area contributed by atoms with Crippen LogP contribution in [-0.4, -0.2) is 20.6 Å². The Morgan fingerprint density at radius 1 is 0.308 bits per heavy atom. The van der Waals surface area contributed by atoms with Gasteiger partial charge in [-0.15, -0.1) is 21.9 Å². The van der Waals surface area contributed by atoms with E-state index in [-0.39, 0.29) is 0 Å². The Morgan fingerprint density at radius 3 is 0.673 bits per heavy atom. The van der Waals surface area contributed by atoms with Gasteiger partial charge in [0.15, 0.2) is 69.7 Å². The molecule has 52 heavy (non-hydrogen) atoms. The van der Waals surface area contributed by atoms with Crippen LogP contribution in [0.1, 0.15) is 27.7 Å². The van der Waals surface area contributed by atoms with Crippen molar-refractivity contribution in [3.63, 3.8) is 0 Å². The van der Waals surface area contributed by atoms with Crippen LogP contribution in [0.5, 0.6) is 5.75 Å². The summed E-state index contributed by atoms with van der Waals surface area (Å²) in [6.45, 7) is 5.49. The zero-order valence-electron chi connectivity index (χ0n) is 25.9. The van der Waals surface area contributed by atoms with E-state index in [1.54, 1.807) is 0 Å². The summed E-state index contributed by atoms with van der Waals surface area (Å²) in [6, 6.07) is 0. The fourth-order valence-corrected chi connectivity index (χ4v) is 8.73. The topological polar surface area (TPSA) is 9.23 Å². The third-order valence-electron chi connectivity index (χ3n) is 8.29. The molecule has 0 aliphatic rings. The van der Waals surface area contributed by atoms with Gasteiger partial charge in [-0.25, -0.2) is 74.6 Å². The van der Waals surface area contributed by atoms with E-state index in [0.717, 1.165) is 0 Å². The predicted molar refractivity (Wildman–Crippen MR) is 146 cm³/mol. The summed E-state index contributed by atoms with van der Waals surface area (Å²) < 4.78 is 294. The first-order valence-electron chi connectivity index (χ1n) is 14.2. The van der Waals surface area contributed by atoms with Gasteiger partial charge in [0, 0.05) is 0 Å².